The van der Waals surface area contributed by atoms with E-state index in [0.717, 1.165) is 11.0 Å². The summed E-state index contributed by atoms with van der Waals surface area (Å²) >= 11 is 1.24. The van der Waals surface area contributed by atoms with Gasteiger partial charge in [0.05, 0.1) is 23.5 Å². The molecule has 0 aliphatic rings. The van der Waals surface area contributed by atoms with E-state index in [0.29, 0.717) is 16.2 Å². The van der Waals surface area contributed by atoms with Crippen LogP contribution >= 0.6 is 11.3 Å². The van der Waals surface area contributed by atoms with Gasteiger partial charge in [-0.05, 0) is 24.3 Å². The van der Waals surface area contributed by atoms with Crippen LogP contribution in [0.15, 0.2) is 52.2 Å². The Morgan fingerprint density at radius 3 is 2.71 bits per heavy atom. The molecule has 3 heterocycles. The quantitative estimate of drug-likeness (QED) is 0.577. The SMILES string of the molecule is N=c1sc2nc3ccccc3nc2n1N=Cc1ccco1. The molecule has 0 atom stereocenters. The van der Waals surface area contributed by atoms with Gasteiger partial charge >= 0.3 is 0 Å². The van der Waals surface area contributed by atoms with Crippen LogP contribution in [0.4, 0.5) is 0 Å². The van der Waals surface area contributed by atoms with Crippen molar-refractivity contribution < 1.29 is 4.42 Å². The summed E-state index contributed by atoms with van der Waals surface area (Å²) in [5.41, 5.74) is 2.17. The van der Waals surface area contributed by atoms with Crippen molar-refractivity contribution in [2.45, 2.75) is 0 Å². The van der Waals surface area contributed by atoms with Crippen LogP contribution in [0, 0.1) is 5.41 Å². The Hall–Kier alpha value is -2.80. The lowest BCUT2D eigenvalue weighted by Crippen LogP contribution is -2.08. The van der Waals surface area contributed by atoms with E-state index < -0.39 is 0 Å². The Morgan fingerprint density at radius 1 is 1.14 bits per heavy atom. The molecule has 0 amide bonds. The highest BCUT2D eigenvalue weighted by atomic mass is 32.1. The summed E-state index contributed by atoms with van der Waals surface area (Å²) in [6.45, 7) is 0. The number of rotatable bonds is 2. The summed E-state index contributed by atoms with van der Waals surface area (Å²) < 4.78 is 6.66. The Labute approximate surface area is 122 Å². The van der Waals surface area contributed by atoms with Gasteiger partial charge in [0.25, 0.3) is 0 Å². The minimum atomic E-state index is 0.267. The minimum absolute atomic E-state index is 0.267. The van der Waals surface area contributed by atoms with Gasteiger partial charge in [0.2, 0.25) is 4.80 Å². The molecule has 0 aliphatic heterocycles. The molecule has 0 saturated heterocycles. The van der Waals surface area contributed by atoms with Crippen molar-refractivity contribution in [3.05, 3.63) is 53.2 Å². The van der Waals surface area contributed by atoms with Crippen LogP contribution in [0.25, 0.3) is 21.5 Å². The Bertz CT molecular complexity index is 1010. The maximum atomic E-state index is 8.02. The molecule has 3 aromatic heterocycles. The summed E-state index contributed by atoms with van der Waals surface area (Å²) in [4.78, 5) is 10.0. The largest absolute Gasteiger partial charge is 0.463 e. The van der Waals surface area contributed by atoms with Crippen molar-refractivity contribution in [2.24, 2.45) is 5.10 Å². The number of furan rings is 1. The fourth-order valence-electron chi connectivity index (χ4n) is 2.00. The molecule has 21 heavy (non-hydrogen) atoms. The molecule has 1 N–H and O–H groups in total. The highest BCUT2D eigenvalue weighted by Crippen LogP contribution is 2.17. The second kappa shape index (κ2) is 4.64. The molecule has 6 nitrogen and oxygen atoms in total. The van der Waals surface area contributed by atoms with Gasteiger partial charge in [-0.2, -0.15) is 9.78 Å². The van der Waals surface area contributed by atoms with Crippen LogP contribution < -0.4 is 4.80 Å². The molecule has 0 saturated carbocycles. The standard InChI is InChI=1S/C14H9N5OS/c15-14-19(16-8-9-4-3-7-20-9)12-13(21-14)18-11-6-2-1-5-10(11)17-12/h1-8,15H. The molecule has 4 aromatic rings. The van der Waals surface area contributed by atoms with E-state index in [1.54, 1.807) is 24.6 Å². The van der Waals surface area contributed by atoms with Gasteiger partial charge in [-0.1, -0.05) is 23.5 Å². The second-order valence-corrected chi connectivity index (χ2v) is 5.30. The first-order valence-electron chi connectivity index (χ1n) is 6.22. The highest BCUT2D eigenvalue weighted by molar-refractivity contribution is 7.15. The summed E-state index contributed by atoms with van der Waals surface area (Å²) in [5.74, 6) is 0.620. The van der Waals surface area contributed by atoms with E-state index in [4.69, 9.17) is 9.83 Å². The topological polar surface area (TPSA) is 80.1 Å². The molecule has 0 aliphatic carbocycles. The molecule has 0 unspecified atom stereocenters. The molecular formula is C14H9N5OS. The number of benzene rings is 1. The van der Waals surface area contributed by atoms with Gasteiger partial charge in [-0.25, -0.2) is 9.97 Å². The lowest BCUT2D eigenvalue weighted by atomic mass is 10.3. The van der Waals surface area contributed by atoms with Crippen LogP contribution in [0.2, 0.25) is 0 Å². The molecular weight excluding hydrogens is 286 g/mol. The number of nitrogens with zero attached hydrogens (tertiary/aromatic N) is 4. The zero-order valence-corrected chi connectivity index (χ0v) is 11.5. The smallest absolute Gasteiger partial charge is 0.206 e. The number of hydrogen-bond donors (Lipinski definition) is 1. The highest BCUT2D eigenvalue weighted by Gasteiger charge is 2.09. The molecule has 0 fully saturated rings. The predicted octanol–water partition coefficient (Wildman–Crippen LogP) is 2.60. The first kappa shape index (κ1) is 12.0. The van der Waals surface area contributed by atoms with Crippen molar-refractivity contribution in [3.63, 3.8) is 0 Å². The van der Waals surface area contributed by atoms with Crippen molar-refractivity contribution in [2.75, 3.05) is 0 Å². The van der Waals surface area contributed by atoms with Crippen LogP contribution in [0.5, 0.6) is 0 Å². The third-order valence-corrected chi connectivity index (χ3v) is 3.78. The summed E-state index contributed by atoms with van der Waals surface area (Å²) in [7, 11) is 0. The Balaban J connectivity index is 1.94. The van der Waals surface area contributed by atoms with Gasteiger partial charge in [0, 0.05) is 0 Å². The predicted molar refractivity (Wildman–Crippen MR) is 80.5 cm³/mol. The van der Waals surface area contributed by atoms with Crippen molar-refractivity contribution in [3.8, 4) is 0 Å². The van der Waals surface area contributed by atoms with Gasteiger partial charge < -0.3 is 4.42 Å². The van der Waals surface area contributed by atoms with Crippen molar-refractivity contribution in [1.29, 1.82) is 5.41 Å². The van der Waals surface area contributed by atoms with Crippen LogP contribution in [-0.4, -0.2) is 20.9 Å². The first-order valence-corrected chi connectivity index (χ1v) is 7.04. The molecule has 0 radical (unpaired) electrons. The van der Waals surface area contributed by atoms with E-state index in [9.17, 15) is 0 Å². The van der Waals surface area contributed by atoms with Gasteiger partial charge in [-0.3, -0.25) is 5.41 Å². The maximum absolute atomic E-state index is 8.02. The number of nitrogens with one attached hydrogen (secondary N) is 1. The number of hydrogen-bond acceptors (Lipinski definition) is 6. The van der Waals surface area contributed by atoms with Gasteiger partial charge in [-0.15, -0.1) is 0 Å². The molecule has 102 valence electrons. The average Bonchev–Trinajstić information content (AvgIpc) is 3.10. The molecule has 0 spiro atoms. The molecule has 4 rings (SSSR count). The van der Waals surface area contributed by atoms with E-state index in [-0.39, 0.29) is 4.80 Å². The van der Waals surface area contributed by atoms with E-state index in [1.165, 1.54) is 16.0 Å². The second-order valence-electron chi connectivity index (χ2n) is 4.32. The third kappa shape index (κ3) is 2.03. The van der Waals surface area contributed by atoms with E-state index in [1.807, 2.05) is 24.3 Å². The summed E-state index contributed by atoms with van der Waals surface area (Å²) in [6.07, 6.45) is 3.13. The Morgan fingerprint density at radius 2 is 1.95 bits per heavy atom. The van der Waals surface area contributed by atoms with Crippen molar-refractivity contribution in [1.82, 2.24) is 14.6 Å². The normalized spacial score (nSPS) is 11.8. The van der Waals surface area contributed by atoms with E-state index in [2.05, 4.69) is 15.1 Å². The number of para-hydroxylation sites is 2. The van der Waals surface area contributed by atoms with Crippen molar-refractivity contribution >= 4 is 39.1 Å². The monoisotopic (exact) mass is 295 g/mol. The zero-order chi connectivity index (χ0) is 14.2. The van der Waals surface area contributed by atoms with Gasteiger partial charge in [0.1, 0.15) is 5.76 Å². The lowest BCUT2D eigenvalue weighted by Gasteiger charge is -1.98. The Kier molecular flexibility index (Phi) is 2.65. The zero-order valence-electron chi connectivity index (χ0n) is 10.7. The van der Waals surface area contributed by atoms with Crippen LogP contribution in [-0.2, 0) is 0 Å². The molecule has 1 aromatic carbocycles. The molecule has 7 heteroatoms. The van der Waals surface area contributed by atoms with E-state index >= 15 is 0 Å². The summed E-state index contributed by atoms with van der Waals surface area (Å²) in [6, 6.07) is 11.2. The minimum Gasteiger partial charge on any atom is -0.463 e. The number of fused-ring (bicyclic) bond motifs is 2. The first-order chi connectivity index (χ1) is 10.3. The maximum Gasteiger partial charge on any atom is 0.206 e. The lowest BCUT2D eigenvalue weighted by molar-refractivity contribution is 0.559. The number of thiazole rings is 1. The average molecular weight is 295 g/mol. The third-order valence-electron chi connectivity index (χ3n) is 2.95. The van der Waals surface area contributed by atoms with Gasteiger partial charge in [0.15, 0.2) is 10.5 Å². The summed E-state index contributed by atoms with van der Waals surface area (Å²) in [5, 5.41) is 12.3. The number of aromatic nitrogens is 3. The molecule has 0 bridgehead atoms. The fraction of sp³-hybridized carbons (Fsp3) is 0. The van der Waals surface area contributed by atoms with Crippen LogP contribution in [0.1, 0.15) is 5.76 Å². The fourth-order valence-corrected chi connectivity index (χ4v) is 2.77. The van der Waals surface area contributed by atoms with Crippen LogP contribution in [0.3, 0.4) is 0 Å².